The Balaban J connectivity index is 1.50. The topological polar surface area (TPSA) is 126 Å². The van der Waals surface area contributed by atoms with E-state index in [1.54, 1.807) is 33.1 Å². The van der Waals surface area contributed by atoms with Gasteiger partial charge in [-0.3, -0.25) is 19.2 Å². The molecule has 0 spiro atoms. The van der Waals surface area contributed by atoms with Crippen LogP contribution in [0.4, 0.5) is 0 Å². The van der Waals surface area contributed by atoms with Gasteiger partial charge >= 0.3 is 0 Å². The summed E-state index contributed by atoms with van der Waals surface area (Å²) in [6.07, 6.45) is 4.79. The molecule has 9 nitrogen and oxygen atoms in total. The van der Waals surface area contributed by atoms with Gasteiger partial charge in [0.2, 0.25) is 17.7 Å². The Morgan fingerprint density at radius 3 is 2.12 bits per heavy atom. The van der Waals surface area contributed by atoms with Gasteiger partial charge in [-0.2, -0.15) is 0 Å². The van der Waals surface area contributed by atoms with Gasteiger partial charge in [0, 0.05) is 12.0 Å². The smallest absolute Gasteiger partial charge is 0.247 e. The van der Waals surface area contributed by atoms with Gasteiger partial charge in [-0.1, -0.05) is 48.5 Å². The number of carbonyl (C=O) groups excluding carboxylic acids is 4. The fourth-order valence-corrected chi connectivity index (χ4v) is 4.69. The van der Waals surface area contributed by atoms with E-state index in [9.17, 15) is 19.2 Å². The third-order valence-electron chi connectivity index (χ3n) is 7.32. The fourth-order valence-electron chi connectivity index (χ4n) is 4.69. The lowest BCUT2D eigenvalue weighted by molar-refractivity contribution is -0.133. The number of Topliss-reactive ketones (excluding diaryl/α,β-unsaturated/α-hetero) is 1. The number of allylic oxidation sites excluding steroid dienone is 1. The Morgan fingerprint density at radius 1 is 0.900 bits per heavy atom. The molecule has 0 radical (unpaired) electrons. The van der Waals surface area contributed by atoms with Crippen molar-refractivity contribution in [2.24, 2.45) is 0 Å². The van der Waals surface area contributed by atoms with E-state index in [1.165, 1.54) is 0 Å². The molecule has 4 rings (SSSR count). The first-order valence-corrected chi connectivity index (χ1v) is 13.6. The van der Waals surface area contributed by atoms with Crippen LogP contribution in [0.25, 0.3) is 0 Å². The number of ether oxygens (including phenoxy) is 2. The highest BCUT2D eigenvalue weighted by Gasteiger charge is 2.50. The third kappa shape index (κ3) is 7.57. The first kappa shape index (κ1) is 29.0. The van der Waals surface area contributed by atoms with Crippen LogP contribution in [-0.2, 0) is 36.8 Å². The number of rotatable bonds is 13. The summed E-state index contributed by atoms with van der Waals surface area (Å²) in [4.78, 5) is 52.6. The van der Waals surface area contributed by atoms with Crippen LogP contribution in [0.5, 0.6) is 5.75 Å². The number of ketones is 1. The highest BCUT2D eigenvalue weighted by atomic mass is 16.6. The highest BCUT2D eigenvalue weighted by Crippen LogP contribution is 2.29. The number of benzene rings is 2. The monoisotopic (exact) mass is 547 g/mol. The zero-order chi connectivity index (χ0) is 28.7. The summed E-state index contributed by atoms with van der Waals surface area (Å²) in [5.74, 6) is -0.825. The van der Waals surface area contributed by atoms with Crippen molar-refractivity contribution in [3.05, 3.63) is 77.4 Å². The summed E-state index contributed by atoms with van der Waals surface area (Å²) in [5.41, 5.74) is 1.41. The second-order valence-electron chi connectivity index (χ2n) is 10.6. The number of hydrogen-bond donors (Lipinski definition) is 3. The van der Waals surface area contributed by atoms with Crippen molar-refractivity contribution in [1.29, 1.82) is 0 Å². The van der Waals surface area contributed by atoms with Gasteiger partial charge in [0.1, 0.15) is 23.4 Å². The average Bonchev–Trinajstić information content (AvgIpc) is 3.47. The van der Waals surface area contributed by atoms with Gasteiger partial charge in [-0.25, -0.2) is 0 Å². The lowest BCUT2D eigenvalue weighted by Crippen LogP contribution is -2.57. The van der Waals surface area contributed by atoms with E-state index in [0.29, 0.717) is 24.4 Å². The molecule has 1 fully saturated rings. The molecule has 0 saturated carbocycles. The molecule has 1 heterocycles. The van der Waals surface area contributed by atoms with Gasteiger partial charge in [-0.05, 0) is 62.8 Å². The lowest BCUT2D eigenvalue weighted by atomic mass is 9.94. The standard InChI is InChI=1S/C31H37N3O6/c1-20(32-29(37)23-11-7-8-12-23)28(36)34-26(18-22-13-15-24(39-3)16-14-22)30(38)33-25(27(35)31(2)19-40-31)17-21-9-5-4-6-10-21/h4-6,9-11,13-16,20,25-26H,7-8,12,17-19H2,1-3H3,(H,32,37)(H,33,38)(H,34,36)/t20-,25+,26+,31+/m1/s1. The summed E-state index contributed by atoms with van der Waals surface area (Å²) in [7, 11) is 1.57. The zero-order valence-electron chi connectivity index (χ0n) is 23.2. The van der Waals surface area contributed by atoms with Crippen LogP contribution in [0.3, 0.4) is 0 Å². The van der Waals surface area contributed by atoms with Crippen LogP contribution in [0.2, 0.25) is 0 Å². The van der Waals surface area contributed by atoms with Crippen LogP contribution >= 0.6 is 0 Å². The Hall–Kier alpha value is -3.98. The van der Waals surface area contributed by atoms with Gasteiger partial charge < -0.3 is 25.4 Å². The largest absolute Gasteiger partial charge is 0.497 e. The molecule has 0 bridgehead atoms. The molecule has 212 valence electrons. The number of amides is 3. The summed E-state index contributed by atoms with van der Waals surface area (Å²) in [5, 5.41) is 8.40. The van der Waals surface area contributed by atoms with Crippen LogP contribution in [-0.4, -0.2) is 60.9 Å². The van der Waals surface area contributed by atoms with Crippen molar-refractivity contribution < 1.29 is 28.7 Å². The van der Waals surface area contributed by atoms with E-state index in [2.05, 4.69) is 16.0 Å². The van der Waals surface area contributed by atoms with Crippen molar-refractivity contribution in [3.8, 4) is 5.75 Å². The number of methoxy groups -OCH3 is 1. The van der Waals surface area contributed by atoms with E-state index >= 15 is 0 Å². The molecule has 3 N–H and O–H groups in total. The minimum Gasteiger partial charge on any atom is -0.497 e. The van der Waals surface area contributed by atoms with E-state index in [0.717, 1.165) is 24.0 Å². The summed E-state index contributed by atoms with van der Waals surface area (Å²) in [6, 6.07) is 13.9. The molecule has 2 aromatic carbocycles. The minimum atomic E-state index is -0.995. The van der Waals surface area contributed by atoms with E-state index in [4.69, 9.17) is 9.47 Å². The number of epoxide rings is 1. The lowest BCUT2D eigenvalue weighted by Gasteiger charge is -2.25. The molecular weight excluding hydrogens is 510 g/mol. The maximum atomic E-state index is 13.7. The maximum absolute atomic E-state index is 13.7. The SMILES string of the molecule is COc1ccc(C[C@H](NC(=O)[C@@H](C)NC(=O)C2=CCCC2)C(=O)N[C@@H](Cc2ccccc2)C(=O)[C@]2(C)CO2)cc1. The summed E-state index contributed by atoms with van der Waals surface area (Å²) < 4.78 is 10.6. The van der Waals surface area contributed by atoms with E-state index in [-0.39, 0.29) is 24.5 Å². The molecule has 2 aliphatic rings. The average molecular weight is 548 g/mol. The van der Waals surface area contributed by atoms with E-state index < -0.39 is 35.5 Å². The van der Waals surface area contributed by atoms with Gasteiger partial charge in [0.25, 0.3) is 0 Å². The second-order valence-corrected chi connectivity index (χ2v) is 10.6. The molecule has 1 aliphatic heterocycles. The molecule has 9 heteroatoms. The number of carbonyl (C=O) groups is 4. The highest BCUT2D eigenvalue weighted by molar-refractivity contribution is 5.99. The van der Waals surface area contributed by atoms with E-state index in [1.807, 2.05) is 48.5 Å². The Morgan fingerprint density at radius 2 is 1.52 bits per heavy atom. The Bertz CT molecular complexity index is 1250. The van der Waals surface area contributed by atoms with Gasteiger partial charge in [0.15, 0.2) is 5.78 Å². The van der Waals surface area contributed by atoms with Gasteiger partial charge in [-0.15, -0.1) is 0 Å². The minimum absolute atomic E-state index is 0.174. The molecule has 3 amide bonds. The summed E-state index contributed by atoms with van der Waals surface area (Å²) >= 11 is 0. The number of nitrogens with one attached hydrogen (secondary N) is 3. The van der Waals surface area contributed by atoms with Crippen LogP contribution in [0.15, 0.2) is 66.2 Å². The molecule has 40 heavy (non-hydrogen) atoms. The molecule has 0 aromatic heterocycles. The molecule has 1 saturated heterocycles. The number of hydrogen-bond acceptors (Lipinski definition) is 6. The van der Waals surface area contributed by atoms with Crippen LogP contribution in [0, 0.1) is 0 Å². The molecule has 2 aromatic rings. The predicted molar refractivity (Wildman–Crippen MR) is 150 cm³/mol. The first-order chi connectivity index (χ1) is 19.2. The van der Waals surface area contributed by atoms with Crippen LogP contribution in [0.1, 0.15) is 44.2 Å². The molecular formula is C31H37N3O6. The van der Waals surface area contributed by atoms with Crippen molar-refractivity contribution in [3.63, 3.8) is 0 Å². The Labute approximate surface area is 234 Å². The van der Waals surface area contributed by atoms with Crippen LogP contribution < -0.4 is 20.7 Å². The molecule has 1 aliphatic carbocycles. The van der Waals surface area contributed by atoms with Crippen molar-refractivity contribution in [2.75, 3.05) is 13.7 Å². The van der Waals surface area contributed by atoms with Gasteiger partial charge in [0.05, 0.1) is 19.8 Å². The first-order valence-electron chi connectivity index (χ1n) is 13.6. The third-order valence-corrected chi connectivity index (χ3v) is 7.32. The molecule has 4 atom stereocenters. The second kappa shape index (κ2) is 12.9. The van der Waals surface area contributed by atoms with Crippen molar-refractivity contribution in [1.82, 2.24) is 16.0 Å². The predicted octanol–water partition coefficient (Wildman–Crippen LogP) is 2.42. The normalized spacial score (nSPS) is 19.9. The van der Waals surface area contributed by atoms with Crippen molar-refractivity contribution in [2.45, 2.75) is 69.7 Å². The summed E-state index contributed by atoms with van der Waals surface area (Å²) in [6.45, 7) is 3.59. The zero-order valence-corrected chi connectivity index (χ0v) is 23.2. The maximum Gasteiger partial charge on any atom is 0.247 e. The fraction of sp³-hybridized carbons (Fsp3) is 0.419. The molecule has 0 unspecified atom stereocenters. The van der Waals surface area contributed by atoms with Crippen molar-refractivity contribution >= 4 is 23.5 Å². The quantitative estimate of drug-likeness (QED) is 0.331. The Kier molecular flexibility index (Phi) is 9.37.